The van der Waals surface area contributed by atoms with Crippen molar-refractivity contribution in [2.45, 2.75) is 37.9 Å². The van der Waals surface area contributed by atoms with Crippen LogP contribution in [0.1, 0.15) is 36.9 Å². The van der Waals surface area contributed by atoms with Gasteiger partial charge in [0.1, 0.15) is 5.75 Å². The zero-order chi connectivity index (χ0) is 21.3. The van der Waals surface area contributed by atoms with E-state index in [1.54, 1.807) is 0 Å². The molecule has 7 heteroatoms. The number of hydrogen-bond acceptors (Lipinski definition) is 5. The fourth-order valence-corrected chi connectivity index (χ4v) is 3.79. The molecule has 1 heterocycles. The Morgan fingerprint density at radius 3 is 2.53 bits per heavy atom. The number of carbonyl (C=O) groups is 1. The maximum absolute atomic E-state index is 12.1. The number of ether oxygens (including phenoxy) is 1. The van der Waals surface area contributed by atoms with E-state index in [0.29, 0.717) is 17.5 Å². The summed E-state index contributed by atoms with van der Waals surface area (Å²) in [5.41, 5.74) is 2.48. The molecule has 3 aromatic rings. The third-order valence-corrected chi connectivity index (χ3v) is 5.81. The van der Waals surface area contributed by atoms with Crippen LogP contribution in [0.2, 0.25) is 0 Å². The van der Waals surface area contributed by atoms with E-state index in [-0.39, 0.29) is 12.0 Å². The van der Waals surface area contributed by atoms with E-state index in [2.05, 4.69) is 46.7 Å². The second-order valence-electron chi connectivity index (χ2n) is 7.03. The molecule has 3 rings (SSSR count). The van der Waals surface area contributed by atoms with Crippen LogP contribution in [0.3, 0.4) is 0 Å². The van der Waals surface area contributed by atoms with Gasteiger partial charge in [0.2, 0.25) is 5.91 Å². The van der Waals surface area contributed by atoms with Crippen LogP contribution in [0.4, 0.5) is 0 Å². The number of carbonyl (C=O) groups excluding carboxylic acids is 1. The molecular formula is C23H28N4O2S. The Morgan fingerprint density at radius 1 is 1.10 bits per heavy atom. The quantitative estimate of drug-likeness (QED) is 0.499. The summed E-state index contributed by atoms with van der Waals surface area (Å²) in [4.78, 5) is 12.1. The number of aryl methyl sites for hydroxylation is 1. The number of nitrogens with one attached hydrogen (secondary N) is 1. The number of benzene rings is 2. The molecule has 30 heavy (non-hydrogen) atoms. The van der Waals surface area contributed by atoms with Gasteiger partial charge in [-0.25, -0.2) is 0 Å². The Morgan fingerprint density at radius 2 is 1.83 bits per heavy atom. The summed E-state index contributed by atoms with van der Waals surface area (Å²) in [7, 11) is 1.89. The summed E-state index contributed by atoms with van der Waals surface area (Å²) in [5, 5.41) is 12.1. The fraction of sp³-hybridized carbons (Fsp3) is 0.348. The largest absolute Gasteiger partial charge is 0.483 e. The third kappa shape index (κ3) is 6.10. The van der Waals surface area contributed by atoms with Gasteiger partial charge in [-0.2, -0.15) is 0 Å². The highest BCUT2D eigenvalue weighted by Crippen LogP contribution is 2.24. The van der Waals surface area contributed by atoms with E-state index >= 15 is 0 Å². The molecule has 1 amide bonds. The van der Waals surface area contributed by atoms with E-state index in [9.17, 15) is 4.79 Å². The minimum atomic E-state index is -0.246. The molecule has 0 aliphatic heterocycles. The number of rotatable bonds is 10. The Bertz CT molecular complexity index is 942. The van der Waals surface area contributed by atoms with Crippen LogP contribution in [0.5, 0.6) is 5.75 Å². The van der Waals surface area contributed by atoms with Crippen molar-refractivity contribution in [3.8, 4) is 5.75 Å². The van der Waals surface area contributed by atoms with Crippen molar-refractivity contribution in [1.29, 1.82) is 0 Å². The Balaban J connectivity index is 1.47. The molecule has 0 aliphatic rings. The molecule has 0 spiro atoms. The molecule has 6 nitrogen and oxygen atoms in total. The minimum absolute atomic E-state index is 0.0132. The molecule has 0 radical (unpaired) electrons. The number of amides is 1. The lowest BCUT2D eigenvalue weighted by atomic mass is 10.1. The van der Waals surface area contributed by atoms with Crippen molar-refractivity contribution >= 4 is 17.7 Å². The van der Waals surface area contributed by atoms with Gasteiger partial charge in [-0.3, -0.25) is 4.79 Å². The molecule has 0 saturated heterocycles. The van der Waals surface area contributed by atoms with Gasteiger partial charge >= 0.3 is 0 Å². The van der Waals surface area contributed by atoms with Gasteiger partial charge in [0.25, 0.3) is 0 Å². The summed E-state index contributed by atoms with van der Waals surface area (Å²) < 4.78 is 7.88. The topological polar surface area (TPSA) is 69.0 Å². The molecule has 0 fully saturated rings. The smallest absolute Gasteiger partial charge is 0.230 e. The van der Waals surface area contributed by atoms with Gasteiger partial charge in [-0.1, -0.05) is 61.2 Å². The maximum atomic E-state index is 12.1. The number of thioether (sulfide) groups is 1. The molecule has 2 aromatic carbocycles. The van der Waals surface area contributed by atoms with Crippen LogP contribution in [0.25, 0.3) is 0 Å². The van der Waals surface area contributed by atoms with Crippen molar-refractivity contribution in [3.05, 3.63) is 71.5 Å². The van der Waals surface area contributed by atoms with E-state index in [1.807, 2.05) is 48.9 Å². The fourth-order valence-electron chi connectivity index (χ4n) is 3.04. The van der Waals surface area contributed by atoms with E-state index in [4.69, 9.17) is 4.74 Å². The van der Waals surface area contributed by atoms with Crippen molar-refractivity contribution < 1.29 is 9.53 Å². The molecule has 0 saturated carbocycles. The second-order valence-corrected chi connectivity index (χ2v) is 7.97. The maximum Gasteiger partial charge on any atom is 0.230 e. The molecule has 0 aliphatic carbocycles. The second kappa shape index (κ2) is 10.8. The molecule has 1 aromatic heterocycles. The van der Waals surface area contributed by atoms with Crippen LogP contribution in [-0.2, 0) is 24.7 Å². The van der Waals surface area contributed by atoms with Gasteiger partial charge in [-0.05, 0) is 43.0 Å². The summed E-state index contributed by atoms with van der Waals surface area (Å²) in [6.45, 7) is 4.69. The first-order chi connectivity index (χ1) is 14.6. The normalized spacial score (nSPS) is 11.8. The summed E-state index contributed by atoms with van der Waals surface area (Å²) in [5.74, 6) is 1.81. The number of hydrogen-bond donors (Lipinski definition) is 1. The zero-order valence-corrected chi connectivity index (χ0v) is 18.5. The molecule has 158 valence electrons. The molecular weight excluding hydrogens is 396 g/mol. The van der Waals surface area contributed by atoms with Crippen molar-refractivity contribution in [1.82, 2.24) is 20.1 Å². The highest BCUT2D eigenvalue weighted by molar-refractivity contribution is 7.99. The Labute approximate surface area is 182 Å². The monoisotopic (exact) mass is 424 g/mol. The average molecular weight is 425 g/mol. The lowest BCUT2D eigenvalue weighted by molar-refractivity contribution is -0.118. The first-order valence-corrected chi connectivity index (χ1v) is 11.1. The first kappa shape index (κ1) is 21.9. The van der Waals surface area contributed by atoms with Crippen LogP contribution in [0.15, 0.2) is 59.8 Å². The van der Waals surface area contributed by atoms with E-state index in [0.717, 1.165) is 24.4 Å². The SMILES string of the molecule is CCc1ccc(OC(C)c2nnc(SCC(=O)NCCc3ccccc3)n2C)cc1. The third-order valence-electron chi connectivity index (χ3n) is 4.79. The van der Waals surface area contributed by atoms with Gasteiger partial charge in [-0.15, -0.1) is 10.2 Å². The Kier molecular flexibility index (Phi) is 7.90. The lowest BCUT2D eigenvalue weighted by Crippen LogP contribution is -2.27. The summed E-state index contributed by atoms with van der Waals surface area (Å²) in [6, 6.07) is 18.2. The molecule has 1 atom stereocenters. The predicted molar refractivity (Wildman–Crippen MR) is 120 cm³/mol. The number of nitrogens with zero attached hydrogens (tertiary/aromatic N) is 3. The highest BCUT2D eigenvalue weighted by atomic mass is 32.2. The molecule has 1 unspecified atom stereocenters. The summed E-state index contributed by atoms with van der Waals surface area (Å²) >= 11 is 1.37. The molecule has 1 N–H and O–H groups in total. The van der Waals surface area contributed by atoms with Crippen LogP contribution < -0.4 is 10.1 Å². The van der Waals surface area contributed by atoms with Gasteiger partial charge in [0, 0.05) is 13.6 Å². The van der Waals surface area contributed by atoms with Crippen LogP contribution >= 0.6 is 11.8 Å². The lowest BCUT2D eigenvalue weighted by Gasteiger charge is -2.14. The summed E-state index contributed by atoms with van der Waals surface area (Å²) in [6.07, 6.45) is 1.57. The molecule has 0 bridgehead atoms. The number of aromatic nitrogens is 3. The van der Waals surface area contributed by atoms with Crippen molar-refractivity contribution in [3.63, 3.8) is 0 Å². The van der Waals surface area contributed by atoms with Gasteiger partial charge in [0.05, 0.1) is 5.75 Å². The van der Waals surface area contributed by atoms with Crippen molar-refractivity contribution in [2.24, 2.45) is 7.05 Å². The van der Waals surface area contributed by atoms with Gasteiger partial charge in [0.15, 0.2) is 17.1 Å². The Hall–Kier alpha value is -2.80. The van der Waals surface area contributed by atoms with Crippen LogP contribution in [-0.4, -0.2) is 33.0 Å². The standard InChI is InChI=1S/C23H28N4O2S/c1-4-18-10-12-20(13-11-18)29-17(2)22-25-26-23(27(22)3)30-16-21(28)24-15-14-19-8-6-5-7-9-19/h5-13,17H,4,14-16H2,1-3H3,(H,24,28). The van der Waals surface area contributed by atoms with E-state index in [1.165, 1.54) is 22.9 Å². The zero-order valence-electron chi connectivity index (χ0n) is 17.7. The predicted octanol–water partition coefficient (Wildman–Crippen LogP) is 3.97. The average Bonchev–Trinajstić information content (AvgIpc) is 3.14. The van der Waals surface area contributed by atoms with E-state index < -0.39 is 0 Å². The van der Waals surface area contributed by atoms with Gasteiger partial charge < -0.3 is 14.6 Å². The van der Waals surface area contributed by atoms with Crippen LogP contribution in [0, 0.1) is 0 Å². The first-order valence-electron chi connectivity index (χ1n) is 10.1. The minimum Gasteiger partial charge on any atom is -0.483 e. The highest BCUT2D eigenvalue weighted by Gasteiger charge is 2.18. The van der Waals surface area contributed by atoms with Crippen molar-refractivity contribution in [2.75, 3.05) is 12.3 Å².